The zero-order valence-corrected chi connectivity index (χ0v) is 28.3. The summed E-state index contributed by atoms with van der Waals surface area (Å²) >= 11 is 7.83. The maximum absolute atomic E-state index is 15.1. The molecule has 0 radical (unpaired) electrons. The molecule has 1 amide bonds. The van der Waals surface area contributed by atoms with Crippen molar-refractivity contribution in [3.05, 3.63) is 75.6 Å². The van der Waals surface area contributed by atoms with Crippen LogP contribution < -0.4 is 14.5 Å². The number of likely N-dealkylation sites (N-methyl/N-ethyl adjacent to an activating group) is 1. The average Bonchev–Trinajstić information content (AvgIpc) is 3.77. The molecular formula is C35H36ClFN8O2S. The number of nitrogens with zero attached hydrogens (tertiary/aromatic N) is 8. The van der Waals surface area contributed by atoms with Gasteiger partial charge in [-0.3, -0.25) is 4.79 Å². The van der Waals surface area contributed by atoms with Crippen LogP contribution in [0.4, 0.5) is 15.9 Å². The number of amides is 1. The zero-order valence-electron chi connectivity index (χ0n) is 26.7. The van der Waals surface area contributed by atoms with Crippen LogP contribution in [0.1, 0.15) is 35.4 Å². The highest BCUT2D eigenvalue weighted by Crippen LogP contribution is 2.37. The van der Waals surface area contributed by atoms with Crippen LogP contribution >= 0.6 is 23.1 Å². The van der Waals surface area contributed by atoms with E-state index in [1.165, 1.54) is 11.0 Å². The topological polar surface area (TPSA) is 102 Å². The number of hydrogen-bond donors (Lipinski definition) is 0. The summed E-state index contributed by atoms with van der Waals surface area (Å²) in [6, 6.07) is 16.1. The van der Waals surface area contributed by atoms with Crippen LogP contribution in [0.5, 0.6) is 6.01 Å². The molecule has 0 bridgehead atoms. The summed E-state index contributed by atoms with van der Waals surface area (Å²) in [7, 11) is 2.11. The van der Waals surface area contributed by atoms with E-state index in [0.717, 1.165) is 71.0 Å². The minimum absolute atomic E-state index is 0.0658. The molecule has 0 N–H and O–H groups in total. The Hall–Kier alpha value is -4.31. The lowest BCUT2D eigenvalue weighted by molar-refractivity contribution is -0.131. The molecule has 48 heavy (non-hydrogen) atoms. The number of fused-ring (bicyclic) bond motifs is 2. The highest BCUT2D eigenvalue weighted by molar-refractivity contribution is 7.06. The lowest BCUT2D eigenvalue weighted by Gasteiger charge is -2.42. The summed E-state index contributed by atoms with van der Waals surface area (Å²) in [4.78, 5) is 31.9. The number of rotatable bonds is 8. The normalized spacial score (nSPS) is 20.2. The number of aromatic nitrogens is 3. The first kappa shape index (κ1) is 32.2. The molecule has 4 aromatic rings. The number of nitriles is 1. The van der Waals surface area contributed by atoms with Gasteiger partial charge < -0.3 is 24.3 Å². The fourth-order valence-electron chi connectivity index (χ4n) is 7.04. The summed E-state index contributed by atoms with van der Waals surface area (Å²) in [5.74, 6) is -0.834. The Labute approximate surface area is 288 Å². The van der Waals surface area contributed by atoms with Gasteiger partial charge in [-0.1, -0.05) is 35.9 Å². The molecule has 2 saturated heterocycles. The largest absolute Gasteiger partial charge is 0.462 e. The Morgan fingerprint density at radius 1 is 1.12 bits per heavy atom. The molecule has 2 atom stereocenters. The van der Waals surface area contributed by atoms with Crippen LogP contribution in [-0.4, -0.2) is 88.5 Å². The summed E-state index contributed by atoms with van der Waals surface area (Å²) in [5.41, 5.74) is 2.95. The van der Waals surface area contributed by atoms with Crippen molar-refractivity contribution in [2.45, 2.75) is 44.3 Å². The number of carbonyl (C=O) groups excluding carboxylic acids is 1. The first-order chi connectivity index (χ1) is 23.4. The van der Waals surface area contributed by atoms with Crippen molar-refractivity contribution >= 4 is 57.4 Å². The predicted molar refractivity (Wildman–Crippen MR) is 186 cm³/mol. The monoisotopic (exact) mass is 686 g/mol. The number of hydrogen-bond acceptors (Lipinski definition) is 10. The van der Waals surface area contributed by atoms with Crippen LogP contribution in [0, 0.1) is 11.3 Å². The molecule has 3 aliphatic rings. The lowest BCUT2D eigenvalue weighted by atomic mass is 10.0. The summed E-state index contributed by atoms with van der Waals surface area (Å²) < 4.78 is 25.4. The smallest absolute Gasteiger partial charge is 0.318 e. The maximum atomic E-state index is 15.1. The fourth-order valence-corrected chi connectivity index (χ4v) is 7.84. The van der Waals surface area contributed by atoms with E-state index in [0.29, 0.717) is 54.6 Å². The van der Waals surface area contributed by atoms with Crippen LogP contribution in [-0.2, 0) is 17.8 Å². The molecule has 2 aromatic heterocycles. The summed E-state index contributed by atoms with van der Waals surface area (Å²) in [5, 5.41) is 12.5. The molecule has 10 nitrogen and oxygen atoms in total. The minimum atomic E-state index is -0.865. The van der Waals surface area contributed by atoms with Crippen LogP contribution in [0.25, 0.3) is 16.8 Å². The van der Waals surface area contributed by atoms with Gasteiger partial charge >= 0.3 is 6.01 Å². The SMILES string of the molecule is CN1CCCC1COc1nc2c(c(N3CCN(C(=O)/C(F)=C/c4ccns4)C(CC#N)C3)n1)CCN(c1cccc3cccc(Cl)c13)C2. The van der Waals surface area contributed by atoms with Crippen molar-refractivity contribution in [1.82, 2.24) is 24.1 Å². The van der Waals surface area contributed by atoms with Gasteiger partial charge in [0.05, 0.1) is 40.7 Å². The van der Waals surface area contributed by atoms with E-state index < -0.39 is 17.8 Å². The Bertz CT molecular complexity index is 1880. The molecule has 0 aliphatic carbocycles. The standard InChI is InChI=1S/C35H36ClFN8O2S/c1-42-15-4-7-25(42)22-47-35-40-30-21-43(31-9-3-6-23-5-2-8-28(36)32(23)31)16-12-27(30)33(41-35)44-17-18-45(24(20-44)10-13-38)34(46)29(37)19-26-11-14-39-48-26/h2-3,5-6,8-9,11,14,19,24-25H,4,7,10,12,15-18,20-22H2,1H3/b29-19-. The highest BCUT2D eigenvalue weighted by atomic mass is 35.5. The molecule has 248 valence electrons. The number of carbonyl (C=O) groups is 1. The zero-order chi connectivity index (χ0) is 33.2. The van der Waals surface area contributed by atoms with Crippen molar-refractivity contribution in [2.75, 3.05) is 56.2 Å². The van der Waals surface area contributed by atoms with Crippen molar-refractivity contribution in [2.24, 2.45) is 0 Å². The Kier molecular flexibility index (Phi) is 9.43. The van der Waals surface area contributed by atoms with Gasteiger partial charge in [-0.15, -0.1) is 0 Å². The summed E-state index contributed by atoms with van der Waals surface area (Å²) in [6.45, 7) is 3.81. The van der Waals surface area contributed by atoms with Gasteiger partial charge in [0.2, 0.25) is 0 Å². The van der Waals surface area contributed by atoms with Crippen molar-refractivity contribution < 1.29 is 13.9 Å². The fraction of sp³-hybridized carbons (Fsp3) is 0.400. The number of piperazine rings is 1. The van der Waals surface area contributed by atoms with Crippen LogP contribution in [0.15, 0.2) is 54.5 Å². The second kappa shape index (κ2) is 14.0. The molecule has 13 heteroatoms. The molecular weight excluding hydrogens is 651 g/mol. The van der Waals surface area contributed by atoms with E-state index in [1.54, 1.807) is 12.3 Å². The van der Waals surface area contributed by atoms with Gasteiger partial charge in [-0.05, 0) is 74.0 Å². The van der Waals surface area contributed by atoms with Gasteiger partial charge in [0, 0.05) is 55.1 Å². The van der Waals surface area contributed by atoms with Gasteiger partial charge in [0.1, 0.15) is 12.4 Å². The first-order valence-electron chi connectivity index (χ1n) is 16.3. The third-order valence-electron chi connectivity index (χ3n) is 9.57. The van der Waals surface area contributed by atoms with Crippen LogP contribution in [0.2, 0.25) is 5.02 Å². The molecule has 3 aliphatic heterocycles. The minimum Gasteiger partial charge on any atom is -0.462 e. The Balaban J connectivity index is 1.19. The maximum Gasteiger partial charge on any atom is 0.318 e. The second-order valence-corrected chi connectivity index (χ2v) is 13.8. The number of benzene rings is 2. The molecule has 2 unspecified atom stereocenters. The van der Waals surface area contributed by atoms with Crippen molar-refractivity contribution in [1.29, 1.82) is 5.26 Å². The second-order valence-electron chi connectivity index (χ2n) is 12.5. The first-order valence-corrected chi connectivity index (χ1v) is 17.4. The molecule has 2 aromatic carbocycles. The Morgan fingerprint density at radius 3 is 2.75 bits per heavy atom. The highest BCUT2D eigenvalue weighted by Gasteiger charge is 2.35. The van der Waals surface area contributed by atoms with E-state index in [1.807, 2.05) is 18.2 Å². The van der Waals surface area contributed by atoms with Gasteiger partial charge in [-0.2, -0.15) is 15.2 Å². The lowest BCUT2D eigenvalue weighted by Crippen LogP contribution is -2.56. The van der Waals surface area contributed by atoms with E-state index >= 15 is 4.39 Å². The third kappa shape index (κ3) is 6.55. The van der Waals surface area contributed by atoms with E-state index in [2.05, 4.69) is 50.4 Å². The van der Waals surface area contributed by atoms with Crippen LogP contribution in [0.3, 0.4) is 0 Å². The van der Waals surface area contributed by atoms with E-state index in [-0.39, 0.29) is 13.0 Å². The number of ether oxygens (including phenoxy) is 1. The summed E-state index contributed by atoms with van der Waals surface area (Å²) in [6.07, 6.45) is 5.71. The molecule has 0 spiro atoms. The van der Waals surface area contributed by atoms with Gasteiger partial charge in [0.15, 0.2) is 5.83 Å². The third-order valence-corrected chi connectivity index (χ3v) is 10.6. The Morgan fingerprint density at radius 2 is 1.98 bits per heavy atom. The van der Waals surface area contributed by atoms with Crippen molar-refractivity contribution in [3.8, 4) is 12.1 Å². The van der Waals surface area contributed by atoms with E-state index in [4.69, 9.17) is 26.3 Å². The van der Waals surface area contributed by atoms with Gasteiger partial charge in [-0.25, -0.2) is 8.76 Å². The van der Waals surface area contributed by atoms with Crippen molar-refractivity contribution in [3.63, 3.8) is 0 Å². The number of likely N-dealkylation sites (tertiary alicyclic amines) is 1. The predicted octanol–water partition coefficient (Wildman–Crippen LogP) is 5.72. The molecule has 0 saturated carbocycles. The average molecular weight is 687 g/mol. The molecule has 5 heterocycles. The quantitative estimate of drug-likeness (QED) is 0.216. The molecule has 2 fully saturated rings. The molecule has 7 rings (SSSR count). The number of anilines is 2. The van der Waals surface area contributed by atoms with E-state index in [9.17, 15) is 10.1 Å². The van der Waals surface area contributed by atoms with Gasteiger partial charge in [0.25, 0.3) is 5.91 Å². The number of halogens is 2.